The van der Waals surface area contributed by atoms with Crippen LogP contribution in [0.4, 0.5) is 5.69 Å². The summed E-state index contributed by atoms with van der Waals surface area (Å²) in [4.78, 5) is 48.6. The standard InChI is InChI=1S/C19H14N2O8/c22-17-11-3-1-2-4-12(11)18(23)20(17)5-6-29-19(24)13-9-15-16(28-8-7-27-15)10-14(13)21(25)26/h1-4,9-10H,5-8H2. The van der Waals surface area contributed by atoms with Gasteiger partial charge in [-0.3, -0.25) is 24.6 Å². The van der Waals surface area contributed by atoms with Crippen molar-refractivity contribution >= 4 is 23.5 Å². The Bertz CT molecular complexity index is 1010. The molecular formula is C19H14N2O8. The molecule has 2 aliphatic rings. The lowest BCUT2D eigenvalue weighted by atomic mass is 10.1. The van der Waals surface area contributed by atoms with E-state index in [1.165, 1.54) is 6.07 Å². The van der Waals surface area contributed by atoms with Gasteiger partial charge in [0.05, 0.1) is 28.7 Å². The maximum atomic E-state index is 12.4. The van der Waals surface area contributed by atoms with Gasteiger partial charge in [-0.2, -0.15) is 0 Å². The molecule has 0 aromatic heterocycles. The lowest BCUT2D eigenvalue weighted by Gasteiger charge is -2.19. The number of carbonyl (C=O) groups is 3. The van der Waals surface area contributed by atoms with Crippen LogP contribution in [-0.4, -0.2) is 54.0 Å². The highest BCUT2D eigenvalue weighted by Gasteiger charge is 2.35. The molecule has 2 aliphatic heterocycles. The van der Waals surface area contributed by atoms with E-state index < -0.39 is 28.4 Å². The third-order valence-corrected chi connectivity index (χ3v) is 4.50. The highest BCUT2D eigenvalue weighted by Crippen LogP contribution is 2.36. The molecular weight excluding hydrogens is 384 g/mol. The van der Waals surface area contributed by atoms with Crippen LogP contribution in [0.1, 0.15) is 31.1 Å². The van der Waals surface area contributed by atoms with Crippen LogP contribution in [0.15, 0.2) is 36.4 Å². The molecule has 0 N–H and O–H groups in total. The molecule has 0 bridgehead atoms. The van der Waals surface area contributed by atoms with Crippen molar-refractivity contribution in [2.45, 2.75) is 0 Å². The maximum Gasteiger partial charge on any atom is 0.345 e. The molecule has 0 fully saturated rings. The Labute approximate surface area is 163 Å². The topological polar surface area (TPSA) is 125 Å². The van der Waals surface area contributed by atoms with Gasteiger partial charge in [0.2, 0.25) is 0 Å². The number of carbonyl (C=O) groups excluding carboxylic acids is 3. The first-order valence-corrected chi connectivity index (χ1v) is 8.68. The fraction of sp³-hybridized carbons (Fsp3) is 0.211. The van der Waals surface area contributed by atoms with Crippen LogP contribution in [0.2, 0.25) is 0 Å². The Morgan fingerprint density at radius 1 is 1.07 bits per heavy atom. The van der Waals surface area contributed by atoms with Crippen LogP contribution in [0, 0.1) is 10.1 Å². The fourth-order valence-electron chi connectivity index (χ4n) is 3.14. The summed E-state index contributed by atoms with van der Waals surface area (Å²) < 4.78 is 15.7. The zero-order valence-electron chi connectivity index (χ0n) is 15.0. The number of benzene rings is 2. The normalized spacial score (nSPS) is 14.6. The van der Waals surface area contributed by atoms with Gasteiger partial charge in [-0.1, -0.05) is 12.1 Å². The molecule has 2 aromatic carbocycles. The van der Waals surface area contributed by atoms with Gasteiger partial charge < -0.3 is 14.2 Å². The molecule has 0 radical (unpaired) electrons. The molecule has 10 heteroatoms. The van der Waals surface area contributed by atoms with Gasteiger partial charge in [-0.15, -0.1) is 0 Å². The highest BCUT2D eigenvalue weighted by atomic mass is 16.6. The van der Waals surface area contributed by atoms with E-state index >= 15 is 0 Å². The summed E-state index contributed by atoms with van der Waals surface area (Å²) in [6.07, 6.45) is 0. The molecule has 2 heterocycles. The molecule has 4 rings (SSSR count). The van der Waals surface area contributed by atoms with Crippen LogP contribution in [0.25, 0.3) is 0 Å². The molecule has 0 saturated carbocycles. The van der Waals surface area contributed by atoms with E-state index in [1.54, 1.807) is 24.3 Å². The number of nitro groups is 1. The Morgan fingerprint density at radius 2 is 1.66 bits per heavy atom. The first-order chi connectivity index (χ1) is 14.0. The second-order valence-corrected chi connectivity index (χ2v) is 6.21. The van der Waals surface area contributed by atoms with E-state index in [0.29, 0.717) is 0 Å². The molecule has 0 aliphatic carbocycles. The quantitative estimate of drug-likeness (QED) is 0.323. The molecule has 29 heavy (non-hydrogen) atoms. The number of nitrogens with zero attached hydrogens (tertiary/aromatic N) is 2. The van der Waals surface area contributed by atoms with Crippen molar-refractivity contribution in [1.29, 1.82) is 0 Å². The summed E-state index contributed by atoms with van der Waals surface area (Å²) in [5, 5.41) is 11.3. The van der Waals surface area contributed by atoms with E-state index in [2.05, 4.69) is 0 Å². The number of nitro benzene ring substituents is 1. The van der Waals surface area contributed by atoms with Crippen molar-refractivity contribution in [3.8, 4) is 11.5 Å². The van der Waals surface area contributed by atoms with Crippen molar-refractivity contribution < 1.29 is 33.5 Å². The fourth-order valence-corrected chi connectivity index (χ4v) is 3.14. The Morgan fingerprint density at radius 3 is 2.24 bits per heavy atom. The minimum atomic E-state index is -0.967. The van der Waals surface area contributed by atoms with Crippen molar-refractivity contribution in [3.05, 3.63) is 63.2 Å². The van der Waals surface area contributed by atoms with Crippen molar-refractivity contribution in [1.82, 2.24) is 4.90 Å². The summed E-state index contributed by atoms with van der Waals surface area (Å²) in [5.41, 5.74) is -0.223. The van der Waals surface area contributed by atoms with E-state index in [4.69, 9.17) is 14.2 Å². The Hall–Kier alpha value is -3.95. The largest absolute Gasteiger partial charge is 0.486 e. The number of amides is 2. The number of hydrogen-bond donors (Lipinski definition) is 0. The third-order valence-electron chi connectivity index (χ3n) is 4.50. The lowest BCUT2D eigenvalue weighted by Crippen LogP contribution is -2.33. The van der Waals surface area contributed by atoms with Gasteiger partial charge in [0, 0.05) is 6.07 Å². The van der Waals surface area contributed by atoms with Gasteiger partial charge in [0.1, 0.15) is 25.4 Å². The summed E-state index contributed by atoms with van der Waals surface area (Å²) >= 11 is 0. The average Bonchev–Trinajstić information content (AvgIpc) is 2.97. The SMILES string of the molecule is O=C(OCCN1C(=O)c2ccccc2C1=O)c1cc2c(cc1[N+](=O)[O-])OCCO2. The van der Waals surface area contributed by atoms with Gasteiger partial charge >= 0.3 is 5.97 Å². The van der Waals surface area contributed by atoms with Crippen molar-refractivity contribution in [2.75, 3.05) is 26.4 Å². The number of esters is 1. The van der Waals surface area contributed by atoms with Crippen LogP contribution >= 0.6 is 0 Å². The molecule has 2 amide bonds. The zero-order valence-corrected chi connectivity index (χ0v) is 15.0. The summed E-state index contributed by atoms with van der Waals surface area (Å²) in [5.74, 6) is -1.55. The van der Waals surface area contributed by atoms with Crippen molar-refractivity contribution in [2.24, 2.45) is 0 Å². The summed E-state index contributed by atoms with van der Waals surface area (Å²) in [6.45, 7) is 0.0135. The number of ether oxygens (including phenoxy) is 3. The van der Waals surface area contributed by atoms with E-state index in [0.717, 1.165) is 11.0 Å². The highest BCUT2D eigenvalue weighted by molar-refractivity contribution is 6.21. The van der Waals surface area contributed by atoms with E-state index in [9.17, 15) is 24.5 Å². The minimum Gasteiger partial charge on any atom is -0.486 e. The molecule has 10 nitrogen and oxygen atoms in total. The monoisotopic (exact) mass is 398 g/mol. The van der Waals surface area contributed by atoms with E-state index in [1.807, 2.05) is 0 Å². The Balaban J connectivity index is 1.46. The number of hydrogen-bond acceptors (Lipinski definition) is 8. The first-order valence-electron chi connectivity index (χ1n) is 8.68. The maximum absolute atomic E-state index is 12.4. The first kappa shape index (κ1) is 18.4. The average molecular weight is 398 g/mol. The minimum absolute atomic E-state index is 0.170. The number of imide groups is 1. The lowest BCUT2D eigenvalue weighted by molar-refractivity contribution is -0.385. The van der Waals surface area contributed by atoms with Crippen LogP contribution in [0.3, 0.4) is 0 Å². The number of fused-ring (bicyclic) bond motifs is 2. The third kappa shape index (κ3) is 3.24. The van der Waals surface area contributed by atoms with Gasteiger partial charge in [0.25, 0.3) is 17.5 Å². The van der Waals surface area contributed by atoms with Crippen LogP contribution < -0.4 is 9.47 Å². The summed E-state index contributed by atoms with van der Waals surface area (Å²) in [6, 6.07) is 8.68. The van der Waals surface area contributed by atoms with Gasteiger partial charge in [-0.05, 0) is 12.1 Å². The van der Waals surface area contributed by atoms with Gasteiger partial charge in [-0.25, -0.2) is 4.79 Å². The molecule has 148 valence electrons. The predicted octanol–water partition coefficient (Wildman–Crippen LogP) is 1.82. The van der Waals surface area contributed by atoms with E-state index in [-0.39, 0.29) is 54.6 Å². The second-order valence-electron chi connectivity index (χ2n) is 6.21. The molecule has 2 aromatic rings. The van der Waals surface area contributed by atoms with Crippen LogP contribution in [0.5, 0.6) is 11.5 Å². The second kappa shape index (κ2) is 7.23. The predicted molar refractivity (Wildman–Crippen MR) is 96.2 cm³/mol. The van der Waals surface area contributed by atoms with Crippen LogP contribution in [-0.2, 0) is 4.74 Å². The smallest absolute Gasteiger partial charge is 0.345 e. The van der Waals surface area contributed by atoms with Gasteiger partial charge in [0.15, 0.2) is 11.5 Å². The molecule has 0 spiro atoms. The molecule has 0 unspecified atom stereocenters. The zero-order chi connectivity index (χ0) is 20.5. The molecule has 0 saturated heterocycles. The number of rotatable bonds is 5. The Kier molecular flexibility index (Phi) is 4.59. The molecule has 0 atom stereocenters. The summed E-state index contributed by atoms with van der Waals surface area (Å²) in [7, 11) is 0. The van der Waals surface area contributed by atoms with Crippen molar-refractivity contribution in [3.63, 3.8) is 0 Å².